The first-order valence-electron chi connectivity index (χ1n) is 5.68. The minimum atomic E-state index is 0.468. The summed E-state index contributed by atoms with van der Waals surface area (Å²) in [5, 5.41) is 3.66. The average molecular weight is 187 g/mol. The molecule has 2 bridgehead atoms. The molecule has 2 saturated heterocycles. The Bertz CT molecular complexity index is 295. The second-order valence-electron chi connectivity index (χ2n) is 4.80. The van der Waals surface area contributed by atoms with Gasteiger partial charge in [-0.2, -0.15) is 0 Å². The van der Waals surface area contributed by atoms with Gasteiger partial charge in [0.15, 0.2) is 0 Å². The predicted octanol–water partition coefficient (Wildman–Crippen LogP) is 2.47. The Kier molecular flexibility index (Phi) is 1.88. The van der Waals surface area contributed by atoms with E-state index in [9.17, 15) is 0 Å². The van der Waals surface area contributed by atoms with Gasteiger partial charge in [0.1, 0.15) is 0 Å². The first-order chi connectivity index (χ1) is 6.89. The van der Waals surface area contributed by atoms with Gasteiger partial charge < -0.3 is 5.32 Å². The highest BCUT2D eigenvalue weighted by Gasteiger charge is 2.40. The molecule has 74 valence electrons. The van der Waals surface area contributed by atoms with Gasteiger partial charge in [-0.05, 0) is 31.2 Å². The van der Waals surface area contributed by atoms with E-state index in [1.165, 1.54) is 32.2 Å². The zero-order valence-electron chi connectivity index (χ0n) is 8.50. The van der Waals surface area contributed by atoms with E-state index in [0.717, 1.165) is 6.04 Å². The topological polar surface area (TPSA) is 12.0 Å². The number of hydrogen-bond donors (Lipinski definition) is 1. The molecule has 4 rings (SSSR count). The van der Waals surface area contributed by atoms with Gasteiger partial charge in [0, 0.05) is 18.0 Å². The van der Waals surface area contributed by atoms with E-state index < -0.39 is 0 Å². The van der Waals surface area contributed by atoms with Crippen LogP contribution in [0.5, 0.6) is 0 Å². The summed E-state index contributed by atoms with van der Waals surface area (Å²) < 4.78 is 0. The Balaban J connectivity index is 1.96. The molecule has 3 fully saturated rings. The monoisotopic (exact) mass is 187 g/mol. The zero-order valence-corrected chi connectivity index (χ0v) is 8.50. The van der Waals surface area contributed by atoms with Crippen molar-refractivity contribution in [3.63, 3.8) is 0 Å². The second kappa shape index (κ2) is 3.09. The van der Waals surface area contributed by atoms with Crippen molar-refractivity contribution in [2.24, 2.45) is 0 Å². The molecular formula is C13H17N. The minimum absolute atomic E-state index is 0.468. The van der Waals surface area contributed by atoms with Crippen LogP contribution in [0.4, 0.5) is 0 Å². The fraction of sp³-hybridized carbons (Fsp3) is 0.538. The minimum Gasteiger partial charge on any atom is -0.313 e. The Hall–Kier alpha value is -0.820. The van der Waals surface area contributed by atoms with Gasteiger partial charge in [0.25, 0.3) is 0 Å². The van der Waals surface area contributed by atoms with Gasteiger partial charge in [-0.3, -0.25) is 0 Å². The van der Waals surface area contributed by atoms with Crippen LogP contribution >= 0.6 is 0 Å². The summed E-state index contributed by atoms with van der Waals surface area (Å²) in [5.74, 6) is 0. The largest absolute Gasteiger partial charge is 0.313 e. The predicted molar refractivity (Wildman–Crippen MR) is 58.4 cm³/mol. The number of benzene rings is 1. The van der Waals surface area contributed by atoms with Crippen LogP contribution in [0.1, 0.15) is 31.2 Å². The van der Waals surface area contributed by atoms with Crippen LogP contribution < -0.4 is 5.32 Å². The normalized spacial score (nSPS) is 35.9. The second-order valence-corrected chi connectivity index (χ2v) is 4.80. The molecule has 2 aliphatic heterocycles. The molecule has 1 saturated carbocycles. The van der Waals surface area contributed by atoms with E-state index in [-0.39, 0.29) is 0 Å². The van der Waals surface area contributed by atoms with Crippen molar-refractivity contribution < 1.29 is 0 Å². The number of rotatable bonds is 1. The first-order valence-corrected chi connectivity index (χ1v) is 5.68. The fourth-order valence-electron chi connectivity index (χ4n) is 3.07. The molecule has 0 unspecified atom stereocenters. The van der Waals surface area contributed by atoms with Crippen LogP contribution in [0.2, 0.25) is 0 Å². The van der Waals surface area contributed by atoms with E-state index in [1.807, 2.05) is 0 Å². The number of fused-ring (bicyclic) bond motifs is 3. The van der Waals surface area contributed by atoms with E-state index in [1.54, 1.807) is 5.56 Å². The van der Waals surface area contributed by atoms with Gasteiger partial charge in [-0.1, -0.05) is 30.3 Å². The molecule has 0 radical (unpaired) electrons. The molecule has 2 heterocycles. The van der Waals surface area contributed by atoms with E-state index >= 15 is 0 Å². The number of piperidine rings is 2. The Labute approximate surface area is 85.5 Å². The maximum atomic E-state index is 3.66. The average Bonchev–Trinajstić information content (AvgIpc) is 2.33. The van der Waals surface area contributed by atoms with Gasteiger partial charge in [0.05, 0.1) is 0 Å². The van der Waals surface area contributed by atoms with Crippen molar-refractivity contribution in [3.05, 3.63) is 35.9 Å². The van der Waals surface area contributed by atoms with Gasteiger partial charge >= 0.3 is 0 Å². The number of hydrogen-bond acceptors (Lipinski definition) is 1. The maximum Gasteiger partial charge on any atom is 0.00790 e. The fourth-order valence-corrected chi connectivity index (χ4v) is 3.07. The Morgan fingerprint density at radius 2 is 1.79 bits per heavy atom. The van der Waals surface area contributed by atoms with E-state index in [4.69, 9.17) is 0 Å². The molecule has 1 nitrogen and oxygen atoms in total. The molecule has 1 aromatic rings. The quantitative estimate of drug-likeness (QED) is 0.712. The molecule has 3 aliphatic rings. The molecule has 0 spiro atoms. The smallest absolute Gasteiger partial charge is 0.00790 e. The lowest BCUT2D eigenvalue weighted by Gasteiger charge is -2.47. The van der Waals surface area contributed by atoms with Gasteiger partial charge in [0.2, 0.25) is 0 Å². The maximum absolute atomic E-state index is 3.66. The summed E-state index contributed by atoms with van der Waals surface area (Å²) in [6.07, 6.45) is 5.51. The third-order valence-electron chi connectivity index (χ3n) is 4.06. The first kappa shape index (κ1) is 8.49. The van der Waals surface area contributed by atoms with Gasteiger partial charge in [-0.15, -0.1) is 0 Å². The van der Waals surface area contributed by atoms with Crippen molar-refractivity contribution in [1.29, 1.82) is 0 Å². The summed E-state index contributed by atoms with van der Waals surface area (Å²) in [6, 6.07) is 11.9. The summed E-state index contributed by atoms with van der Waals surface area (Å²) in [5.41, 5.74) is 2.02. The molecule has 1 aliphatic carbocycles. The standard InChI is InChI=1S/C13H17N/c1-2-4-11(5-3-1)13-8-6-12(7-9-13)14-10-13/h1-5,12,14H,6-10H2. The SMILES string of the molecule is c1ccc(C23CCC(CC2)NC3)cc1. The molecule has 14 heavy (non-hydrogen) atoms. The van der Waals surface area contributed by atoms with Gasteiger partial charge in [-0.25, -0.2) is 0 Å². The van der Waals surface area contributed by atoms with Crippen molar-refractivity contribution in [2.45, 2.75) is 37.1 Å². The highest BCUT2D eigenvalue weighted by Crippen LogP contribution is 2.42. The third-order valence-corrected chi connectivity index (χ3v) is 4.06. The van der Waals surface area contributed by atoms with Crippen molar-refractivity contribution in [2.75, 3.05) is 6.54 Å². The molecular weight excluding hydrogens is 170 g/mol. The molecule has 1 heteroatoms. The number of nitrogens with one attached hydrogen (secondary N) is 1. The molecule has 0 atom stereocenters. The summed E-state index contributed by atoms with van der Waals surface area (Å²) in [7, 11) is 0. The highest BCUT2D eigenvalue weighted by atomic mass is 15.0. The lowest BCUT2D eigenvalue weighted by atomic mass is 9.65. The molecule has 0 aromatic heterocycles. The Morgan fingerprint density at radius 1 is 1.07 bits per heavy atom. The lowest BCUT2D eigenvalue weighted by molar-refractivity contribution is 0.170. The van der Waals surface area contributed by atoms with Crippen molar-refractivity contribution in [3.8, 4) is 0 Å². The Morgan fingerprint density at radius 3 is 2.36 bits per heavy atom. The summed E-state index contributed by atoms with van der Waals surface area (Å²) in [4.78, 5) is 0. The van der Waals surface area contributed by atoms with Crippen LogP contribution in [0.3, 0.4) is 0 Å². The van der Waals surface area contributed by atoms with Crippen LogP contribution in [-0.4, -0.2) is 12.6 Å². The van der Waals surface area contributed by atoms with Crippen LogP contribution in [0.25, 0.3) is 0 Å². The molecule has 1 N–H and O–H groups in total. The lowest BCUT2D eigenvalue weighted by Crippen LogP contribution is -2.53. The van der Waals surface area contributed by atoms with Crippen LogP contribution in [-0.2, 0) is 5.41 Å². The molecule has 1 aromatic carbocycles. The summed E-state index contributed by atoms with van der Waals surface area (Å²) in [6.45, 7) is 1.20. The third kappa shape index (κ3) is 1.19. The van der Waals surface area contributed by atoms with E-state index in [2.05, 4.69) is 35.6 Å². The van der Waals surface area contributed by atoms with Crippen LogP contribution in [0.15, 0.2) is 30.3 Å². The zero-order chi connectivity index (χ0) is 9.43. The molecule has 0 amide bonds. The van der Waals surface area contributed by atoms with E-state index in [0.29, 0.717) is 5.41 Å². The van der Waals surface area contributed by atoms with Crippen LogP contribution in [0, 0.1) is 0 Å². The highest BCUT2D eigenvalue weighted by molar-refractivity contribution is 5.28. The van der Waals surface area contributed by atoms with Crippen molar-refractivity contribution >= 4 is 0 Å². The van der Waals surface area contributed by atoms with Crippen molar-refractivity contribution in [1.82, 2.24) is 5.32 Å². The summed E-state index contributed by atoms with van der Waals surface area (Å²) >= 11 is 0.